The molecule has 0 spiro atoms. The van der Waals surface area contributed by atoms with Gasteiger partial charge in [-0.05, 0) is 36.5 Å². The topological polar surface area (TPSA) is 46.5 Å². The predicted octanol–water partition coefficient (Wildman–Crippen LogP) is 3.65. The molecule has 3 nitrogen and oxygen atoms in total. The zero-order chi connectivity index (χ0) is 13.8. The largest absolute Gasteiger partial charge is 0.481 e. The fourth-order valence-electron chi connectivity index (χ4n) is 2.76. The molecule has 0 heterocycles. The van der Waals surface area contributed by atoms with Crippen molar-refractivity contribution in [2.24, 2.45) is 5.92 Å². The first-order chi connectivity index (χ1) is 9.08. The number of benzene rings is 1. The quantitative estimate of drug-likeness (QED) is 0.888. The standard InChI is InChI=1S/C14H16F2O3/c15-14(16)19-11-7-5-10(6-8-11)12(13(17)18)9-3-1-2-4-9/h5-9,12,14H,1-4H2,(H,17,18). The summed E-state index contributed by atoms with van der Waals surface area (Å²) in [5.41, 5.74) is 0.654. The van der Waals surface area contributed by atoms with Gasteiger partial charge in [0.1, 0.15) is 5.75 Å². The molecule has 104 valence electrons. The Morgan fingerprint density at radius 1 is 1.21 bits per heavy atom. The molecule has 1 aliphatic carbocycles. The van der Waals surface area contributed by atoms with Crippen LogP contribution in [0.5, 0.6) is 5.75 Å². The van der Waals surface area contributed by atoms with E-state index in [4.69, 9.17) is 0 Å². The molecule has 1 saturated carbocycles. The average molecular weight is 270 g/mol. The van der Waals surface area contributed by atoms with Crippen molar-refractivity contribution >= 4 is 5.97 Å². The van der Waals surface area contributed by atoms with Gasteiger partial charge in [-0.2, -0.15) is 8.78 Å². The first-order valence-electron chi connectivity index (χ1n) is 6.35. The highest BCUT2D eigenvalue weighted by Gasteiger charge is 2.31. The zero-order valence-electron chi connectivity index (χ0n) is 10.4. The number of carboxylic acids is 1. The molecular weight excluding hydrogens is 254 g/mol. The van der Waals surface area contributed by atoms with Gasteiger partial charge in [-0.1, -0.05) is 25.0 Å². The van der Waals surface area contributed by atoms with Crippen LogP contribution in [0.3, 0.4) is 0 Å². The molecule has 1 aromatic rings. The summed E-state index contributed by atoms with van der Waals surface area (Å²) in [5.74, 6) is -1.22. The van der Waals surface area contributed by atoms with E-state index in [2.05, 4.69) is 4.74 Å². The number of hydrogen-bond acceptors (Lipinski definition) is 2. The lowest BCUT2D eigenvalue weighted by molar-refractivity contribution is -0.140. The Hall–Kier alpha value is -1.65. The summed E-state index contributed by atoms with van der Waals surface area (Å²) in [4.78, 5) is 11.4. The van der Waals surface area contributed by atoms with E-state index in [0.29, 0.717) is 5.56 Å². The van der Waals surface area contributed by atoms with E-state index in [0.717, 1.165) is 25.7 Å². The van der Waals surface area contributed by atoms with Gasteiger partial charge in [0, 0.05) is 0 Å². The Labute approximate surface area is 110 Å². The van der Waals surface area contributed by atoms with E-state index < -0.39 is 18.5 Å². The Morgan fingerprint density at radius 3 is 2.26 bits per heavy atom. The summed E-state index contributed by atoms with van der Waals surface area (Å²) in [6, 6.07) is 5.92. The molecule has 0 bridgehead atoms. The first-order valence-corrected chi connectivity index (χ1v) is 6.35. The number of carbonyl (C=O) groups is 1. The van der Waals surface area contributed by atoms with Crippen LogP contribution in [0.2, 0.25) is 0 Å². The minimum atomic E-state index is -2.86. The van der Waals surface area contributed by atoms with Crippen LogP contribution in [0.1, 0.15) is 37.2 Å². The molecule has 1 unspecified atom stereocenters. The third kappa shape index (κ3) is 3.43. The van der Waals surface area contributed by atoms with Crippen molar-refractivity contribution in [2.75, 3.05) is 0 Å². The Balaban J connectivity index is 2.15. The molecule has 5 heteroatoms. The maximum atomic E-state index is 12.0. The van der Waals surface area contributed by atoms with Crippen molar-refractivity contribution in [3.8, 4) is 5.75 Å². The van der Waals surface area contributed by atoms with Gasteiger partial charge >= 0.3 is 12.6 Å². The lowest BCUT2D eigenvalue weighted by Crippen LogP contribution is -2.19. The highest BCUT2D eigenvalue weighted by atomic mass is 19.3. The van der Waals surface area contributed by atoms with Crippen LogP contribution >= 0.6 is 0 Å². The molecule has 19 heavy (non-hydrogen) atoms. The number of rotatable bonds is 5. The molecule has 1 atom stereocenters. The lowest BCUT2D eigenvalue weighted by atomic mass is 9.85. The number of halogens is 2. The summed E-state index contributed by atoms with van der Waals surface area (Å²) >= 11 is 0. The number of hydrogen-bond donors (Lipinski definition) is 1. The van der Waals surface area contributed by atoms with Crippen molar-refractivity contribution in [1.29, 1.82) is 0 Å². The molecule has 0 radical (unpaired) electrons. The van der Waals surface area contributed by atoms with Crippen LogP contribution in [0.4, 0.5) is 8.78 Å². The van der Waals surface area contributed by atoms with Crippen molar-refractivity contribution in [3.63, 3.8) is 0 Å². The van der Waals surface area contributed by atoms with Gasteiger partial charge < -0.3 is 9.84 Å². The second kappa shape index (κ2) is 5.99. The highest BCUT2D eigenvalue weighted by Crippen LogP contribution is 2.38. The second-order valence-electron chi connectivity index (χ2n) is 4.81. The van der Waals surface area contributed by atoms with Gasteiger partial charge in [0.15, 0.2) is 0 Å². The van der Waals surface area contributed by atoms with E-state index in [1.807, 2.05) is 0 Å². The van der Waals surface area contributed by atoms with Crippen LogP contribution in [0.15, 0.2) is 24.3 Å². The second-order valence-corrected chi connectivity index (χ2v) is 4.81. The van der Waals surface area contributed by atoms with Crippen molar-refractivity contribution in [1.82, 2.24) is 0 Å². The first kappa shape index (κ1) is 13.8. The average Bonchev–Trinajstić information content (AvgIpc) is 2.84. The summed E-state index contributed by atoms with van der Waals surface area (Å²) < 4.78 is 28.3. The summed E-state index contributed by atoms with van der Waals surface area (Å²) in [6.07, 6.45) is 3.93. The van der Waals surface area contributed by atoms with Gasteiger partial charge in [-0.25, -0.2) is 0 Å². The summed E-state index contributed by atoms with van der Waals surface area (Å²) in [6.45, 7) is -2.86. The molecule has 1 aliphatic rings. The van der Waals surface area contributed by atoms with Crippen molar-refractivity contribution in [3.05, 3.63) is 29.8 Å². The van der Waals surface area contributed by atoms with Gasteiger partial charge in [-0.3, -0.25) is 4.79 Å². The molecule has 0 aliphatic heterocycles. The molecular formula is C14H16F2O3. The predicted molar refractivity (Wildman–Crippen MR) is 65.4 cm³/mol. The van der Waals surface area contributed by atoms with E-state index in [1.54, 1.807) is 12.1 Å². The Kier molecular flexibility index (Phi) is 4.35. The molecule has 1 N–H and O–H groups in total. The molecule has 1 fully saturated rings. The van der Waals surface area contributed by atoms with E-state index in [9.17, 15) is 18.7 Å². The number of alkyl halides is 2. The molecule has 1 aromatic carbocycles. The van der Waals surface area contributed by atoms with Crippen LogP contribution in [0.25, 0.3) is 0 Å². The maximum Gasteiger partial charge on any atom is 0.387 e. The van der Waals surface area contributed by atoms with Gasteiger partial charge in [0.25, 0.3) is 0 Å². The van der Waals surface area contributed by atoms with Crippen LogP contribution in [-0.4, -0.2) is 17.7 Å². The Morgan fingerprint density at radius 2 is 1.79 bits per heavy atom. The van der Waals surface area contributed by atoms with Gasteiger partial charge in [-0.15, -0.1) is 0 Å². The molecule has 0 amide bonds. The van der Waals surface area contributed by atoms with E-state index >= 15 is 0 Å². The Bertz CT molecular complexity index is 425. The van der Waals surface area contributed by atoms with Crippen LogP contribution in [-0.2, 0) is 4.79 Å². The number of carboxylic acid groups (broad SMARTS) is 1. The monoisotopic (exact) mass is 270 g/mol. The highest BCUT2D eigenvalue weighted by molar-refractivity contribution is 5.76. The summed E-state index contributed by atoms with van der Waals surface area (Å²) in [7, 11) is 0. The third-order valence-electron chi connectivity index (χ3n) is 3.60. The number of aliphatic carboxylic acids is 1. The SMILES string of the molecule is O=C(O)C(c1ccc(OC(F)F)cc1)C1CCCC1. The zero-order valence-corrected chi connectivity index (χ0v) is 10.4. The molecule has 2 rings (SSSR count). The maximum absolute atomic E-state index is 12.0. The lowest BCUT2D eigenvalue weighted by Gasteiger charge is -2.19. The fourth-order valence-corrected chi connectivity index (χ4v) is 2.76. The fraction of sp³-hybridized carbons (Fsp3) is 0.500. The van der Waals surface area contributed by atoms with E-state index in [-0.39, 0.29) is 11.7 Å². The van der Waals surface area contributed by atoms with Crippen LogP contribution < -0.4 is 4.74 Å². The number of ether oxygens (including phenoxy) is 1. The van der Waals surface area contributed by atoms with Gasteiger partial charge in [0.2, 0.25) is 0 Å². The molecule has 0 saturated heterocycles. The summed E-state index contributed by atoms with van der Waals surface area (Å²) in [5, 5.41) is 9.35. The minimum Gasteiger partial charge on any atom is -0.481 e. The third-order valence-corrected chi connectivity index (χ3v) is 3.60. The smallest absolute Gasteiger partial charge is 0.387 e. The normalized spacial score (nSPS) is 17.6. The minimum absolute atomic E-state index is 0.0503. The van der Waals surface area contributed by atoms with Crippen molar-refractivity contribution < 1.29 is 23.4 Å². The van der Waals surface area contributed by atoms with Gasteiger partial charge in [0.05, 0.1) is 5.92 Å². The van der Waals surface area contributed by atoms with Crippen molar-refractivity contribution in [2.45, 2.75) is 38.2 Å². The van der Waals surface area contributed by atoms with E-state index in [1.165, 1.54) is 12.1 Å². The van der Waals surface area contributed by atoms with Crippen LogP contribution in [0, 0.1) is 5.92 Å². The molecule has 0 aromatic heterocycles.